The van der Waals surface area contributed by atoms with E-state index in [4.69, 9.17) is 0 Å². The monoisotopic (exact) mass is 212 g/mol. The molecule has 1 saturated carbocycles. The highest BCUT2D eigenvalue weighted by molar-refractivity contribution is 4.93. The average Bonchev–Trinajstić information content (AvgIpc) is 2.14. The molecule has 1 rings (SSSR count). The summed E-state index contributed by atoms with van der Waals surface area (Å²) in [6.45, 7) is 9.02. The number of unbranched alkanes of at least 4 members (excludes halogenated alkanes) is 1. The topological polar surface area (TPSA) is 20.2 Å². The molecule has 0 heterocycles. The molecule has 0 spiro atoms. The summed E-state index contributed by atoms with van der Waals surface area (Å²) in [6.07, 6.45) is 6.93. The number of aliphatic hydroxyl groups is 1. The maximum Gasteiger partial charge on any atom is 0.0680 e. The zero-order valence-electron chi connectivity index (χ0n) is 10.9. The summed E-state index contributed by atoms with van der Waals surface area (Å²) in [4.78, 5) is 0. The molecule has 15 heavy (non-hydrogen) atoms. The van der Waals surface area contributed by atoms with E-state index in [2.05, 4.69) is 27.7 Å². The molecule has 0 bridgehead atoms. The van der Waals surface area contributed by atoms with Crippen LogP contribution in [-0.2, 0) is 0 Å². The van der Waals surface area contributed by atoms with Gasteiger partial charge in [0.05, 0.1) is 5.60 Å². The van der Waals surface area contributed by atoms with Crippen molar-refractivity contribution in [3.05, 3.63) is 0 Å². The second-order valence-electron chi connectivity index (χ2n) is 5.94. The normalized spacial score (nSPS) is 37.2. The van der Waals surface area contributed by atoms with Crippen LogP contribution in [0, 0.1) is 17.8 Å². The molecule has 3 atom stereocenters. The van der Waals surface area contributed by atoms with Crippen molar-refractivity contribution in [3.8, 4) is 0 Å². The third-order valence-corrected chi connectivity index (χ3v) is 4.13. The summed E-state index contributed by atoms with van der Waals surface area (Å²) in [5.74, 6) is 1.86. The lowest BCUT2D eigenvalue weighted by atomic mass is 9.65. The number of hydrogen-bond donors (Lipinski definition) is 1. The van der Waals surface area contributed by atoms with E-state index in [-0.39, 0.29) is 5.60 Å². The van der Waals surface area contributed by atoms with E-state index in [1.54, 1.807) is 0 Å². The molecule has 0 aromatic rings. The van der Waals surface area contributed by atoms with Crippen LogP contribution in [0.25, 0.3) is 0 Å². The molecule has 0 radical (unpaired) electrons. The Bertz CT molecular complexity index is 188. The Morgan fingerprint density at radius 3 is 2.53 bits per heavy atom. The van der Waals surface area contributed by atoms with Gasteiger partial charge in [-0.2, -0.15) is 0 Å². The smallest absolute Gasteiger partial charge is 0.0680 e. The fourth-order valence-corrected chi connectivity index (χ4v) is 3.31. The van der Waals surface area contributed by atoms with Crippen molar-refractivity contribution in [2.24, 2.45) is 17.8 Å². The van der Waals surface area contributed by atoms with Crippen LogP contribution in [0.1, 0.15) is 66.2 Å². The largest absolute Gasteiger partial charge is 0.390 e. The molecule has 0 aliphatic heterocycles. The minimum atomic E-state index is -0.359. The van der Waals surface area contributed by atoms with E-state index >= 15 is 0 Å². The first kappa shape index (κ1) is 13.0. The highest BCUT2D eigenvalue weighted by Gasteiger charge is 2.41. The molecular weight excluding hydrogens is 184 g/mol. The van der Waals surface area contributed by atoms with Gasteiger partial charge in [-0.1, -0.05) is 47.0 Å². The van der Waals surface area contributed by atoms with Gasteiger partial charge in [-0.05, 0) is 37.0 Å². The molecule has 0 saturated heterocycles. The first-order valence-electron chi connectivity index (χ1n) is 6.72. The summed E-state index contributed by atoms with van der Waals surface area (Å²) in [5, 5.41) is 10.8. The van der Waals surface area contributed by atoms with Gasteiger partial charge < -0.3 is 5.11 Å². The third-order valence-electron chi connectivity index (χ3n) is 4.13. The molecular formula is C14H28O. The van der Waals surface area contributed by atoms with Crippen LogP contribution >= 0.6 is 0 Å². The van der Waals surface area contributed by atoms with Crippen molar-refractivity contribution < 1.29 is 5.11 Å². The predicted molar refractivity (Wildman–Crippen MR) is 65.8 cm³/mol. The van der Waals surface area contributed by atoms with Gasteiger partial charge in [-0.25, -0.2) is 0 Å². The lowest BCUT2D eigenvalue weighted by molar-refractivity contribution is -0.0869. The molecule has 1 heteroatoms. The fraction of sp³-hybridized carbons (Fsp3) is 1.00. The van der Waals surface area contributed by atoms with Crippen LogP contribution in [0.4, 0.5) is 0 Å². The van der Waals surface area contributed by atoms with Crippen LogP contribution in [0.2, 0.25) is 0 Å². The molecule has 0 aromatic carbocycles. The molecule has 0 unspecified atom stereocenters. The number of rotatable bonds is 4. The van der Waals surface area contributed by atoms with Crippen molar-refractivity contribution in [2.45, 2.75) is 71.8 Å². The highest BCUT2D eigenvalue weighted by Crippen LogP contribution is 2.43. The van der Waals surface area contributed by atoms with Gasteiger partial charge in [-0.3, -0.25) is 0 Å². The zero-order valence-corrected chi connectivity index (χ0v) is 10.9. The van der Waals surface area contributed by atoms with E-state index < -0.39 is 0 Å². The Balaban J connectivity index is 2.67. The van der Waals surface area contributed by atoms with Crippen molar-refractivity contribution in [1.29, 1.82) is 0 Å². The third kappa shape index (κ3) is 3.21. The Morgan fingerprint density at radius 2 is 2.00 bits per heavy atom. The maximum absolute atomic E-state index is 10.8. The first-order chi connectivity index (χ1) is 6.99. The van der Waals surface area contributed by atoms with Crippen LogP contribution in [0.15, 0.2) is 0 Å². The van der Waals surface area contributed by atoms with E-state index in [0.717, 1.165) is 12.8 Å². The van der Waals surface area contributed by atoms with Gasteiger partial charge in [-0.15, -0.1) is 0 Å². The summed E-state index contributed by atoms with van der Waals surface area (Å²) < 4.78 is 0. The Morgan fingerprint density at radius 1 is 1.33 bits per heavy atom. The summed E-state index contributed by atoms with van der Waals surface area (Å²) in [5.41, 5.74) is -0.359. The minimum absolute atomic E-state index is 0.359. The highest BCUT2D eigenvalue weighted by atomic mass is 16.3. The van der Waals surface area contributed by atoms with Crippen LogP contribution in [-0.4, -0.2) is 10.7 Å². The lowest BCUT2D eigenvalue weighted by Gasteiger charge is -2.45. The predicted octanol–water partition coefficient (Wildman–Crippen LogP) is 4.00. The summed E-state index contributed by atoms with van der Waals surface area (Å²) in [7, 11) is 0. The molecule has 1 nitrogen and oxygen atoms in total. The molecule has 1 fully saturated rings. The van der Waals surface area contributed by atoms with Gasteiger partial charge >= 0.3 is 0 Å². The van der Waals surface area contributed by atoms with E-state index in [1.807, 2.05) is 0 Å². The van der Waals surface area contributed by atoms with Gasteiger partial charge in [0.2, 0.25) is 0 Å². The first-order valence-corrected chi connectivity index (χ1v) is 6.72. The van der Waals surface area contributed by atoms with Gasteiger partial charge in [0.1, 0.15) is 0 Å². The standard InChI is InChI=1S/C14H28O/c1-5-6-9-14(15)10-12(4)7-8-13(14)11(2)3/h11-13,15H,5-10H2,1-4H3/t12-,13-,14-/m0/s1. The summed E-state index contributed by atoms with van der Waals surface area (Å²) >= 11 is 0. The molecule has 1 aliphatic carbocycles. The second-order valence-corrected chi connectivity index (χ2v) is 5.94. The Labute approximate surface area is 95.3 Å². The van der Waals surface area contributed by atoms with Gasteiger partial charge in [0, 0.05) is 0 Å². The van der Waals surface area contributed by atoms with Crippen LogP contribution in [0.3, 0.4) is 0 Å². The molecule has 1 aliphatic rings. The second kappa shape index (κ2) is 5.34. The average molecular weight is 212 g/mol. The van der Waals surface area contributed by atoms with Crippen LogP contribution in [0.5, 0.6) is 0 Å². The summed E-state index contributed by atoms with van der Waals surface area (Å²) in [6, 6.07) is 0. The van der Waals surface area contributed by atoms with Crippen LogP contribution < -0.4 is 0 Å². The molecule has 90 valence electrons. The van der Waals surface area contributed by atoms with E-state index in [0.29, 0.717) is 17.8 Å². The van der Waals surface area contributed by atoms with Gasteiger partial charge in [0.15, 0.2) is 0 Å². The maximum atomic E-state index is 10.8. The quantitative estimate of drug-likeness (QED) is 0.747. The van der Waals surface area contributed by atoms with Crippen molar-refractivity contribution >= 4 is 0 Å². The SMILES string of the molecule is CCCC[C@]1(O)C[C@@H](C)CC[C@H]1C(C)C. The van der Waals surface area contributed by atoms with Crippen molar-refractivity contribution in [3.63, 3.8) is 0 Å². The van der Waals surface area contributed by atoms with Gasteiger partial charge in [0.25, 0.3) is 0 Å². The van der Waals surface area contributed by atoms with E-state index in [9.17, 15) is 5.11 Å². The van der Waals surface area contributed by atoms with Crippen molar-refractivity contribution in [2.75, 3.05) is 0 Å². The molecule has 0 amide bonds. The number of hydrogen-bond acceptors (Lipinski definition) is 1. The zero-order chi connectivity index (χ0) is 11.5. The van der Waals surface area contributed by atoms with E-state index in [1.165, 1.54) is 25.7 Å². The minimum Gasteiger partial charge on any atom is -0.390 e. The molecule has 1 N–H and O–H groups in total. The Hall–Kier alpha value is -0.0400. The fourth-order valence-electron chi connectivity index (χ4n) is 3.31. The lowest BCUT2D eigenvalue weighted by Crippen LogP contribution is -2.45. The van der Waals surface area contributed by atoms with Crippen molar-refractivity contribution in [1.82, 2.24) is 0 Å². The Kier molecular flexibility index (Phi) is 4.64. The molecule has 0 aromatic heterocycles.